The van der Waals surface area contributed by atoms with Crippen LogP contribution in [0.25, 0.3) is 0 Å². The topological polar surface area (TPSA) is 35.5 Å². The highest BCUT2D eigenvalue weighted by Crippen LogP contribution is 2.46. The maximum absolute atomic E-state index is 11.6. The summed E-state index contributed by atoms with van der Waals surface area (Å²) in [5.41, 5.74) is 1.94. The summed E-state index contributed by atoms with van der Waals surface area (Å²) in [5.74, 6) is 0.146. The van der Waals surface area contributed by atoms with Crippen LogP contribution in [-0.4, -0.2) is 26.3 Å². The van der Waals surface area contributed by atoms with E-state index in [0.29, 0.717) is 12.5 Å². The molecule has 88 valence electrons. The number of carbonyl (C=O) groups excluding carboxylic acids is 1. The molecular formula is C13H18O3. The molecule has 16 heavy (non-hydrogen) atoms. The lowest BCUT2D eigenvalue weighted by Crippen LogP contribution is -2.27. The molecule has 0 N–H and O–H groups in total. The number of fused-ring (bicyclic) bond motifs is 1. The summed E-state index contributed by atoms with van der Waals surface area (Å²) in [5, 5.41) is 0. The van der Waals surface area contributed by atoms with Gasteiger partial charge in [0, 0.05) is 16.9 Å². The van der Waals surface area contributed by atoms with E-state index < -0.39 is 0 Å². The maximum Gasteiger partial charge on any atom is 0.333 e. The van der Waals surface area contributed by atoms with Crippen LogP contribution in [0.4, 0.5) is 0 Å². The van der Waals surface area contributed by atoms with Crippen molar-refractivity contribution >= 4 is 5.97 Å². The van der Waals surface area contributed by atoms with Gasteiger partial charge in [-0.25, -0.2) is 4.79 Å². The Morgan fingerprint density at radius 2 is 2.44 bits per heavy atom. The van der Waals surface area contributed by atoms with Crippen LogP contribution in [-0.2, 0) is 14.3 Å². The summed E-state index contributed by atoms with van der Waals surface area (Å²) in [6.45, 7) is 7.70. The number of allylic oxidation sites excluding steroid dienone is 1. The summed E-state index contributed by atoms with van der Waals surface area (Å²) >= 11 is 0. The van der Waals surface area contributed by atoms with E-state index in [9.17, 15) is 4.79 Å². The molecular weight excluding hydrogens is 204 g/mol. The first-order chi connectivity index (χ1) is 7.57. The minimum atomic E-state index is -0.221. The zero-order valence-corrected chi connectivity index (χ0v) is 9.91. The van der Waals surface area contributed by atoms with E-state index in [0.717, 1.165) is 25.0 Å². The fourth-order valence-electron chi connectivity index (χ4n) is 2.69. The number of ether oxygens (including phenoxy) is 2. The van der Waals surface area contributed by atoms with Crippen LogP contribution in [0, 0.1) is 11.3 Å². The van der Waals surface area contributed by atoms with Crippen molar-refractivity contribution in [3.8, 4) is 0 Å². The van der Waals surface area contributed by atoms with Crippen LogP contribution in [0.1, 0.15) is 19.8 Å². The Morgan fingerprint density at radius 1 is 1.69 bits per heavy atom. The highest BCUT2D eigenvalue weighted by atomic mass is 16.5. The van der Waals surface area contributed by atoms with Crippen molar-refractivity contribution in [2.75, 3.05) is 20.3 Å². The molecule has 2 aliphatic rings. The van der Waals surface area contributed by atoms with Crippen molar-refractivity contribution in [3.05, 3.63) is 23.8 Å². The molecule has 2 unspecified atom stereocenters. The molecule has 0 aromatic rings. The van der Waals surface area contributed by atoms with Crippen LogP contribution in [0.5, 0.6) is 0 Å². The largest absolute Gasteiger partial charge is 0.466 e. The van der Waals surface area contributed by atoms with Crippen LogP contribution < -0.4 is 0 Å². The van der Waals surface area contributed by atoms with Gasteiger partial charge in [0.05, 0.1) is 20.3 Å². The third-order valence-electron chi connectivity index (χ3n) is 3.70. The monoisotopic (exact) mass is 222 g/mol. The Hall–Kier alpha value is -1.09. The second-order valence-corrected chi connectivity index (χ2v) is 4.98. The SMILES string of the molecule is C=C1CC=C(C(=O)OC)CC2(C)COCC12. The molecule has 1 fully saturated rings. The number of carbonyl (C=O) groups is 1. The number of rotatable bonds is 1. The minimum Gasteiger partial charge on any atom is -0.466 e. The molecule has 0 aromatic carbocycles. The molecule has 3 nitrogen and oxygen atoms in total. The van der Waals surface area contributed by atoms with Gasteiger partial charge < -0.3 is 9.47 Å². The van der Waals surface area contributed by atoms with Gasteiger partial charge in [0.15, 0.2) is 0 Å². The van der Waals surface area contributed by atoms with Crippen LogP contribution >= 0.6 is 0 Å². The predicted molar refractivity (Wildman–Crippen MR) is 60.9 cm³/mol. The van der Waals surface area contributed by atoms with E-state index in [1.54, 1.807) is 0 Å². The Morgan fingerprint density at radius 3 is 3.12 bits per heavy atom. The molecule has 1 aliphatic carbocycles. The van der Waals surface area contributed by atoms with Crippen LogP contribution in [0.3, 0.4) is 0 Å². The number of hydrogen-bond donors (Lipinski definition) is 0. The van der Waals surface area contributed by atoms with Crippen LogP contribution in [0.2, 0.25) is 0 Å². The second-order valence-electron chi connectivity index (χ2n) is 4.98. The van der Waals surface area contributed by atoms with Crippen molar-refractivity contribution < 1.29 is 14.3 Å². The lowest BCUT2D eigenvalue weighted by molar-refractivity contribution is -0.136. The first-order valence-corrected chi connectivity index (χ1v) is 5.59. The third kappa shape index (κ3) is 1.80. The van der Waals surface area contributed by atoms with Crippen molar-refractivity contribution in [1.29, 1.82) is 0 Å². The molecule has 1 saturated heterocycles. The average molecular weight is 222 g/mol. The number of hydrogen-bond acceptors (Lipinski definition) is 3. The molecule has 0 aromatic heterocycles. The molecule has 1 aliphatic heterocycles. The van der Waals surface area contributed by atoms with Crippen molar-refractivity contribution in [1.82, 2.24) is 0 Å². The van der Waals surface area contributed by atoms with Crippen molar-refractivity contribution in [2.24, 2.45) is 11.3 Å². The average Bonchev–Trinajstić information content (AvgIpc) is 2.60. The quantitative estimate of drug-likeness (QED) is 0.503. The fourth-order valence-corrected chi connectivity index (χ4v) is 2.69. The number of methoxy groups -OCH3 is 1. The van der Waals surface area contributed by atoms with Gasteiger partial charge in [-0.3, -0.25) is 0 Å². The van der Waals surface area contributed by atoms with E-state index in [2.05, 4.69) is 13.5 Å². The summed E-state index contributed by atoms with van der Waals surface area (Å²) in [7, 11) is 1.42. The van der Waals surface area contributed by atoms with Crippen molar-refractivity contribution in [2.45, 2.75) is 19.8 Å². The molecule has 1 heterocycles. The molecule has 3 heteroatoms. The van der Waals surface area contributed by atoms with E-state index in [4.69, 9.17) is 9.47 Å². The summed E-state index contributed by atoms with van der Waals surface area (Å²) in [6, 6.07) is 0. The van der Waals surface area contributed by atoms with Gasteiger partial charge in [0.2, 0.25) is 0 Å². The first kappa shape index (κ1) is 11.4. The Kier molecular flexibility index (Phi) is 2.89. The van der Waals surface area contributed by atoms with Gasteiger partial charge in [0.1, 0.15) is 0 Å². The minimum absolute atomic E-state index is 0.00755. The molecule has 0 amide bonds. The Bertz CT molecular complexity index is 356. The summed E-state index contributed by atoms with van der Waals surface area (Å²) < 4.78 is 10.3. The lowest BCUT2D eigenvalue weighted by atomic mass is 9.73. The normalized spacial score (nSPS) is 34.0. The van der Waals surface area contributed by atoms with Gasteiger partial charge in [-0.2, -0.15) is 0 Å². The Balaban J connectivity index is 2.27. The highest BCUT2D eigenvalue weighted by Gasteiger charge is 2.43. The van der Waals surface area contributed by atoms with Gasteiger partial charge >= 0.3 is 5.97 Å². The molecule has 0 spiro atoms. The van der Waals surface area contributed by atoms with Crippen molar-refractivity contribution in [3.63, 3.8) is 0 Å². The van der Waals surface area contributed by atoms with Gasteiger partial charge in [-0.05, 0) is 12.8 Å². The van der Waals surface area contributed by atoms with E-state index in [1.807, 2.05) is 6.08 Å². The molecule has 2 atom stereocenters. The first-order valence-electron chi connectivity index (χ1n) is 5.59. The summed E-state index contributed by atoms with van der Waals surface area (Å²) in [4.78, 5) is 11.6. The molecule has 0 radical (unpaired) electrons. The fraction of sp³-hybridized carbons (Fsp3) is 0.615. The molecule has 2 rings (SSSR count). The smallest absolute Gasteiger partial charge is 0.333 e. The summed E-state index contributed by atoms with van der Waals surface area (Å²) in [6.07, 6.45) is 3.44. The predicted octanol–water partition coefficient (Wildman–Crippen LogP) is 2.09. The van der Waals surface area contributed by atoms with Crippen LogP contribution in [0.15, 0.2) is 23.8 Å². The van der Waals surface area contributed by atoms with E-state index >= 15 is 0 Å². The number of esters is 1. The highest BCUT2D eigenvalue weighted by molar-refractivity contribution is 5.88. The third-order valence-corrected chi connectivity index (χ3v) is 3.70. The standard InChI is InChI=1S/C13H18O3/c1-9-4-5-10(12(14)15-3)6-13(2)8-16-7-11(9)13/h5,11H,1,4,6-8H2,2-3H3. The van der Waals surface area contributed by atoms with E-state index in [-0.39, 0.29) is 11.4 Å². The van der Waals surface area contributed by atoms with E-state index in [1.165, 1.54) is 12.7 Å². The van der Waals surface area contributed by atoms with Gasteiger partial charge in [-0.15, -0.1) is 0 Å². The Labute approximate surface area is 96.1 Å². The van der Waals surface area contributed by atoms with Gasteiger partial charge in [0.25, 0.3) is 0 Å². The van der Waals surface area contributed by atoms with Gasteiger partial charge in [-0.1, -0.05) is 25.2 Å². The zero-order valence-electron chi connectivity index (χ0n) is 9.91. The molecule has 0 bridgehead atoms. The second kappa shape index (κ2) is 4.06. The lowest BCUT2D eigenvalue weighted by Gasteiger charge is -2.29. The maximum atomic E-state index is 11.6. The zero-order chi connectivity index (χ0) is 11.8. The molecule has 0 saturated carbocycles.